The van der Waals surface area contributed by atoms with Gasteiger partial charge in [-0.15, -0.1) is 0 Å². The van der Waals surface area contributed by atoms with Crippen molar-refractivity contribution >= 4 is 45.2 Å². The van der Waals surface area contributed by atoms with E-state index in [0.717, 1.165) is 18.8 Å². The summed E-state index contributed by atoms with van der Waals surface area (Å²) in [5.41, 5.74) is 11.5. The van der Waals surface area contributed by atoms with E-state index in [0.29, 0.717) is 5.56 Å². The molecule has 1 N–H and O–H groups in total. The van der Waals surface area contributed by atoms with Gasteiger partial charge in [0.25, 0.3) is 0 Å². The fourth-order valence-corrected chi connectivity index (χ4v) is 8.65. The summed E-state index contributed by atoms with van der Waals surface area (Å²) < 4.78 is 28.6. The van der Waals surface area contributed by atoms with Crippen molar-refractivity contribution < 1.29 is 26.3 Å². The van der Waals surface area contributed by atoms with Crippen molar-refractivity contribution in [3.63, 3.8) is 0 Å². The van der Waals surface area contributed by atoms with Crippen molar-refractivity contribution in [1.82, 2.24) is 5.32 Å². The Balaban J connectivity index is 0.000000242. The van der Waals surface area contributed by atoms with E-state index >= 15 is 0 Å². The van der Waals surface area contributed by atoms with Crippen molar-refractivity contribution in [3.8, 4) is 5.75 Å². The molecule has 0 saturated carbocycles. The zero-order valence-electron chi connectivity index (χ0n) is 27.2. The number of rotatable bonds is 8. The molecule has 44 heavy (non-hydrogen) atoms. The number of benzene rings is 3. The minimum atomic E-state index is -3.38. The van der Waals surface area contributed by atoms with Gasteiger partial charge >= 0.3 is 140 Å². The van der Waals surface area contributed by atoms with E-state index in [1.54, 1.807) is 29.9 Å². The molecule has 0 bridgehead atoms. The van der Waals surface area contributed by atoms with Gasteiger partial charge in [0, 0.05) is 24.5 Å². The van der Waals surface area contributed by atoms with E-state index in [-0.39, 0.29) is 16.9 Å². The van der Waals surface area contributed by atoms with Crippen LogP contribution in [-0.2, 0) is 27.7 Å². The second-order valence-corrected chi connectivity index (χ2v) is 19.3. The summed E-state index contributed by atoms with van der Waals surface area (Å²) in [6, 6.07) is 14.0. The quantitative estimate of drug-likeness (QED) is 0.143. The zero-order chi connectivity index (χ0) is 32.9. The van der Waals surface area contributed by atoms with Crippen molar-refractivity contribution in [2.45, 2.75) is 66.4 Å². The molecule has 3 aromatic rings. The van der Waals surface area contributed by atoms with E-state index in [1.807, 2.05) is 13.8 Å². The molecule has 1 saturated heterocycles. The summed E-state index contributed by atoms with van der Waals surface area (Å²) in [5, 5.41) is 2.65. The molecule has 0 spiro atoms. The van der Waals surface area contributed by atoms with E-state index < -0.39 is 23.4 Å². The number of hydrogen-bond acceptors (Lipinski definition) is 5. The summed E-state index contributed by atoms with van der Waals surface area (Å²) in [5.74, 6) is 0.605. The van der Waals surface area contributed by atoms with Crippen LogP contribution in [0.3, 0.4) is 0 Å². The summed E-state index contributed by atoms with van der Waals surface area (Å²) in [7, 11) is 14.0. The molecule has 1 aliphatic rings. The second kappa shape index (κ2) is 15.6. The number of nitrogens with one attached hydrogen (secondary N) is 1. The van der Waals surface area contributed by atoms with Gasteiger partial charge in [0.1, 0.15) is 0 Å². The van der Waals surface area contributed by atoms with Crippen LogP contribution in [-0.4, -0.2) is 45.1 Å². The van der Waals surface area contributed by atoms with E-state index in [2.05, 4.69) is 99.1 Å². The van der Waals surface area contributed by atoms with Gasteiger partial charge in [0.2, 0.25) is 0 Å². The maximum absolute atomic E-state index is 12.1. The number of anilines is 2. The summed E-state index contributed by atoms with van der Waals surface area (Å²) in [4.78, 5) is 5.04. The van der Waals surface area contributed by atoms with Crippen molar-refractivity contribution in [2.75, 3.05) is 35.8 Å². The zero-order valence-corrected chi connectivity index (χ0v) is 31.3. The molecule has 4 rings (SSSR count). The van der Waals surface area contributed by atoms with Crippen LogP contribution in [0, 0.1) is 55.3 Å². The molecule has 0 radical (unpaired) electrons. The molecule has 3 aromatic carbocycles. The number of halogens is 2. The van der Waals surface area contributed by atoms with E-state index in [1.165, 1.54) is 44.8 Å². The summed E-state index contributed by atoms with van der Waals surface area (Å²) in [6.45, 7) is 21.5. The Morgan fingerprint density at radius 3 is 1.75 bits per heavy atom. The molecule has 244 valence electrons. The van der Waals surface area contributed by atoms with Crippen LogP contribution in [0.25, 0.3) is 0 Å². The van der Waals surface area contributed by atoms with Crippen LogP contribution in [0.15, 0.2) is 47.4 Å². The molecule has 0 amide bonds. The first-order valence-electron chi connectivity index (χ1n) is 14.5. The van der Waals surface area contributed by atoms with E-state index in [4.69, 9.17) is 19.4 Å². The first-order chi connectivity index (χ1) is 20.5. The topological polar surface area (TPSA) is 55.4 Å². The Bertz CT molecular complexity index is 1510. The van der Waals surface area contributed by atoms with Gasteiger partial charge in [0.15, 0.2) is 0 Å². The van der Waals surface area contributed by atoms with Crippen molar-refractivity contribution in [3.05, 3.63) is 95.2 Å². The Hall–Kier alpha value is -1.96. The molecule has 1 heterocycles. The second-order valence-electron chi connectivity index (χ2n) is 11.6. The molecule has 1 fully saturated rings. The standard InChI is InChI=1S/C21H27N2.C13H19NO3S.2ClH.Ru/c1-14-9-16(3)20(17(4)10-14)22-7-8-23(13-22)21-18(5)11-15(2)12-19(21)6;1-10(2)17(5)13-7-6-12(8-11(13)3)18(15,16)9-14-4;;;/h9-13H,7-8H2,1-6H3;3,6-8,10,14H,5,9H2,1-2,4H3;2*1H;/q-1;;;;+2/p-2. The molecule has 0 atom stereocenters. The van der Waals surface area contributed by atoms with Crippen molar-refractivity contribution in [1.29, 1.82) is 0 Å². The van der Waals surface area contributed by atoms with Crippen LogP contribution in [0.4, 0.5) is 11.4 Å². The van der Waals surface area contributed by atoms with Gasteiger partial charge in [0.05, 0.1) is 0 Å². The van der Waals surface area contributed by atoms with Gasteiger partial charge in [-0.05, 0) is 63.8 Å². The number of nitrogens with zero attached hydrogens (tertiary/aromatic N) is 2. The predicted molar refractivity (Wildman–Crippen MR) is 186 cm³/mol. The van der Waals surface area contributed by atoms with Gasteiger partial charge < -0.3 is 9.80 Å². The average Bonchev–Trinajstić information content (AvgIpc) is 3.36. The molecule has 10 heteroatoms. The fourth-order valence-electron chi connectivity index (χ4n) is 5.74. The molecule has 0 aliphatic carbocycles. The predicted octanol–water partition coefficient (Wildman–Crippen LogP) is 8.16. The Kier molecular flexibility index (Phi) is 12.9. The third-order valence-corrected chi connectivity index (χ3v) is 10.9. The van der Waals surface area contributed by atoms with Crippen LogP contribution in [0.2, 0.25) is 0 Å². The van der Waals surface area contributed by atoms with Crippen LogP contribution >= 0.6 is 19.4 Å². The third kappa shape index (κ3) is 9.07. The van der Waals surface area contributed by atoms with Gasteiger partial charge in [-0.3, -0.25) is 0 Å². The van der Waals surface area contributed by atoms with Crippen LogP contribution in [0.5, 0.6) is 5.75 Å². The SMILES string of the molecule is Cc1cc(C)c(N2[CH-]N(c3c(C)cc(C)cc3C)CC2)c(C)c1.[CH2-][O+](c1ccc(S(=O)(=O)CNC)cc1[CH]=[Ru]([Cl])[Cl])C(C)C. The molecule has 6 nitrogen and oxygen atoms in total. The Morgan fingerprint density at radius 1 is 0.909 bits per heavy atom. The summed E-state index contributed by atoms with van der Waals surface area (Å²) >= 11 is -2.09. The van der Waals surface area contributed by atoms with Gasteiger partial charge in [-0.1, -0.05) is 35.4 Å². The molecular formula is C34H46Cl2N3O3RuS-. The first-order valence-corrected chi connectivity index (χ1v) is 21.6. The van der Waals surface area contributed by atoms with Gasteiger partial charge in [-0.2, -0.15) is 6.67 Å². The molecule has 0 unspecified atom stereocenters. The summed E-state index contributed by atoms with van der Waals surface area (Å²) in [6.07, 6.45) is 0.0863. The van der Waals surface area contributed by atoms with Crippen LogP contribution in [0.1, 0.15) is 52.8 Å². The van der Waals surface area contributed by atoms with E-state index in [9.17, 15) is 8.42 Å². The molecule has 0 aromatic heterocycles. The number of hydrogen-bond donors (Lipinski definition) is 1. The fraction of sp³-hybridized carbons (Fsp3) is 0.382. The third-order valence-electron chi connectivity index (χ3n) is 7.42. The minimum absolute atomic E-state index is 0.0863. The Morgan fingerprint density at radius 2 is 1.36 bits per heavy atom. The molecule has 1 aliphatic heterocycles. The maximum atomic E-state index is 12.1. The number of sulfone groups is 1. The number of aryl methyl sites for hydroxylation is 6. The Labute approximate surface area is 278 Å². The monoisotopic (exact) mass is 748 g/mol. The molecular weight excluding hydrogens is 702 g/mol. The normalized spacial score (nSPS) is 13.6. The van der Waals surface area contributed by atoms with Gasteiger partial charge in [-0.25, -0.2) is 0 Å². The van der Waals surface area contributed by atoms with Crippen LogP contribution < -0.4 is 15.1 Å². The average molecular weight is 749 g/mol. The van der Waals surface area contributed by atoms with Crippen molar-refractivity contribution in [2.24, 2.45) is 0 Å². The first kappa shape index (κ1) is 36.5.